The summed E-state index contributed by atoms with van der Waals surface area (Å²) in [5.74, 6) is 0.119. The highest BCUT2D eigenvalue weighted by Gasteiger charge is 2.27. The minimum Gasteiger partial charge on any atom is -0.465 e. The van der Waals surface area contributed by atoms with E-state index in [0.717, 1.165) is 0 Å². The Balaban J connectivity index is 0.00000133. The zero-order valence-electron chi connectivity index (χ0n) is 10.5. The van der Waals surface area contributed by atoms with Crippen LogP contribution in [0.2, 0.25) is 0 Å². The van der Waals surface area contributed by atoms with Crippen molar-refractivity contribution in [2.75, 3.05) is 6.54 Å². The van der Waals surface area contributed by atoms with Crippen molar-refractivity contribution in [1.82, 2.24) is 11.5 Å². The fourth-order valence-corrected chi connectivity index (χ4v) is 2.67. The molecule has 0 saturated carbocycles. The first kappa shape index (κ1) is 13.1. The third-order valence-corrected chi connectivity index (χ3v) is 3.42. The van der Waals surface area contributed by atoms with Crippen molar-refractivity contribution < 1.29 is 9.90 Å². The first-order valence-corrected chi connectivity index (χ1v) is 5.92. The van der Waals surface area contributed by atoms with Crippen LogP contribution >= 0.6 is 0 Å². The summed E-state index contributed by atoms with van der Waals surface area (Å²) in [6.45, 7) is 0.420. The van der Waals surface area contributed by atoms with E-state index < -0.39 is 6.09 Å². The summed E-state index contributed by atoms with van der Waals surface area (Å²) >= 11 is 0. The lowest BCUT2D eigenvalue weighted by atomic mass is 9.97. The molecule has 0 aromatic heterocycles. The quantitative estimate of drug-likeness (QED) is 0.771. The summed E-state index contributed by atoms with van der Waals surface area (Å²) in [5.41, 5.74) is 4.83. The molecule has 0 radical (unpaired) electrons. The molecule has 0 saturated heterocycles. The van der Waals surface area contributed by atoms with Crippen molar-refractivity contribution in [1.29, 1.82) is 0 Å². The second kappa shape index (κ2) is 5.12. The van der Waals surface area contributed by atoms with E-state index in [-0.39, 0.29) is 12.1 Å². The second-order valence-electron chi connectivity index (χ2n) is 4.41. The van der Waals surface area contributed by atoms with Gasteiger partial charge in [-0.15, -0.1) is 0 Å². The summed E-state index contributed by atoms with van der Waals surface area (Å²) in [6.07, 6.45) is -0.975. The topological polar surface area (TPSA) is 84.3 Å². The first-order valence-electron chi connectivity index (χ1n) is 5.92. The maximum atomic E-state index is 10.7. The lowest BCUT2D eigenvalue weighted by Gasteiger charge is -2.12. The summed E-state index contributed by atoms with van der Waals surface area (Å²) in [5, 5.41) is 11.2. The largest absolute Gasteiger partial charge is 0.465 e. The zero-order valence-corrected chi connectivity index (χ0v) is 10.5. The van der Waals surface area contributed by atoms with Gasteiger partial charge in [-0.05, 0) is 22.3 Å². The lowest BCUT2D eigenvalue weighted by molar-refractivity contribution is 0.194. The van der Waals surface area contributed by atoms with Crippen LogP contribution in [0.5, 0.6) is 0 Å². The minimum atomic E-state index is -0.975. The predicted octanol–water partition coefficient (Wildman–Crippen LogP) is 3.23. The number of hydrogen-bond donors (Lipinski definition) is 3. The van der Waals surface area contributed by atoms with Crippen LogP contribution in [0.4, 0.5) is 4.79 Å². The molecule has 5 N–H and O–H groups in total. The van der Waals surface area contributed by atoms with Gasteiger partial charge in [0.15, 0.2) is 0 Å². The number of fused-ring (bicyclic) bond motifs is 3. The molecule has 0 spiro atoms. The normalized spacial score (nSPS) is 12.2. The number of rotatable bonds is 2. The van der Waals surface area contributed by atoms with E-state index >= 15 is 0 Å². The van der Waals surface area contributed by atoms with Gasteiger partial charge in [-0.1, -0.05) is 48.5 Å². The van der Waals surface area contributed by atoms with Gasteiger partial charge in [-0.3, -0.25) is 0 Å². The van der Waals surface area contributed by atoms with E-state index in [1.165, 1.54) is 22.3 Å². The molecule has 98 valence electrons. The van der Waals surface area contributed by atoms with E-state index in [1.54, 1.807) is 0 Å². The molecule has 2 aromatic rings. The summed E-state index contributed by atoms with van der Waals surface area (Å²) in [6, 6.07) is 16.4. The van der Waals surface area contributed by atoms with E-state index in [1.807, 2.05) is 24.3 Å². The molecule has 19 heavy (non-hydrogen) atoms. The number of nitrogens with one attached hydrogen (secondary N) is 1. The fraction of sp³-hybridized carbons (Fsp3) is 0.133. The van der Waals surface area contributed by atoms with Gasteiger partial charge in [-0.2, -0.15) is 0 Å². The summed E-state index contributed by atoms with van der Waals surface area (Å²) in [4.78, 5) is 10.7. The summed E-state index contributed by atoms with van der Waals surface area (Å²) in [7, 11) is 0. The van der Waals surface area contributed by atoms with Crippen LogP contribution in [0.3, 0.4) is 0 Å². The lowest BCUT2D eigenvalue weighted by Crippen LogP contribution is -2.26. The van der Waals surface area contributed by atoms with E-state index in [4.69, 9.17) is 5.11 Å². The van der Waals surface area contributed by atoms with Crippen molar-refractivity contribution in [2.24, 2.45) is 0 Å². The number of carboxylic acid groups (broad SMARTS) is 1. The summed E-state index contributed by atoms with van der Waals surface area (Å²) < 4.78 is 0. The van der Waals surface area contributed by atoms with Gasteiger partial charge in [0, 0.05) is 12.5 Å². The Morgan fingerprint density at radius 3 is 1.95 bits per heavy atom. The van der Waals surface area contributed by atoms with E-state index in [9.17, 15) is 4.79 Å². The average molecular weight is 256 g/mol. The van der Waals surface area contributed by atoms with Crippen LogP contribution in [0.1, 0.15) is 17.0 Å². The Bertz CT molecular complexity index is 565. The van der Waals surface area contributed by atoms with Crippen molar-refractivity contribution in [3.05, 3.63) is 59.7 Å². The molecular formula is C15H16N2O2. The maximum absolute atomic E-state index is 10.7. The van der Waals surface area contributed by atoms with Gasteiger partial charge in [0.05, 0.1) is 0 Å². The van der Waals surface area contributed by atoms with Crippen molar-refractivity contribution in [3.63, 3.8) is 0 Å². The van der Waals surface area contributed by atoms with Crippen LogP contribution in [0.15, 0.2) is 48.5 Å². The van der Waals surface area contributed by atoms with Crippen LogP contribution < -0.4 is 11.5 Å². The van der Waals surface area contributed by atoms with E-state index in [0.29, 0.717) is 6.54 Å². The maximum Gasteiger partial charge on any atom is 0.404 e. The van der Waals surface area contributed by atoms with Crippen molar-refractivity contribution in [2.45, 2.75) is 5.92 Å². The van der Waals surface area contributed by atoms with Crippen LogP contribution in [0, 0.1) is 0 Å². The third-order valence-electron chi connectivity index (χ3n) is 3.42. The van der Waals surface area contributed by atoms with Gasteiger partial charge >= 0.3 is 6.09 Å². The van der Waals surface area contributed by atoms with Gasteiger partial charge in [-0.25, -0.2) is 4.79 Å². The highest BCUT2D eigenvalue weighted by molar-refractivity contribution is 5.79. The number of carbonyl (C=O) groups is 1. The first-order chi connectivity index (χ1) is 8.77. The Hall–Kier alpha value is -2.33. The van der Waals surface area contributed by atoms with Crippen LogP contribution in [-0.2, 0) is 0 Å². The van der Waals surface area contributed by atoms with Crippen LogP contribution in [0.25, 0.3) is 11.1 Å². The molecule has 4 nitrogen and oxygen atoms in total. The second-order valence-corrected chi connectivity index (χ2v) is 4.41. The number of benzene rings is 2. The Morgan fingerprint density at radius 2 is 1.47 bits per heavy atom. The molecule has 3 rings (SSSR count). The molecule has 0 fully saturated rings. The standard InChI is InChI=1S/C15H13NO2.H3N/c17-15(18)16-9-14-12-7-3-1-5-10(12)11-6-2-4-8-13(11)14;/h1-8,14,16H,9H2,(H,17,18);1H3. The molecule has 0 aliphatic heterocycles. The van der Waals surface area contributed by atoms with E-state index in [2.05, 4.69) is 29.6 Å². The smallest absolute Gasteiger partial charge is 0.404 e. The molecular weight excluding hydrogens is 240 g/mol. The number of hydrogen-bond acceptors (Lipinski definition) is 2. The molecule has 2 aromatic carbocycles. The minimum absolute atomic E-state index is 0. The van der Waals surface area contributed by atoms with Crippen molar-refractivity contribution >= 4 is 6.09 Å². The molecule has 1 amide bonds. The van der Waals surface area contributed by atoms with Crippen LogP contribution in [-0.4, -0.2) is 17.7 Å². The molecule has 0 heterocycles. The van der Waals surface area contributed by atoms with Crippen molar-refractivity contribution in [3.8, 4) is 11.1 Å². The van der Waals surface area contributed by atoms with Gasteiger partial charge in [0.2, 0.25) is 0 Å². The highest BCUT2D eigenvalue weighted by atomic mass is 16.4. The third kappa shape index (κ3) is 2.18. The zero-order chi connectivity index (χ0) is 12.5. The van der Waals surface area contributed by atoms with Gasteiger partial charge in [0.1, 0.15) is 0 Å². The van der Waals surface area contributed by atoms with Gasteiger partial charge in [0.25, 0.3) is 0 Å². The molecule has 0 atom stereocenters. The molecule has 1 aliphatic carbocycles. The molecule has 0 unspecified atom stereocenters. The highest BCUT2D eigenvalue weighted by Crippen LogP contribution is 2.43. The molecule has 0 bridgehead atoms. The molecule has 4 heteroatoms. The average Bonchev–Trinajstić information content (AvgIpc) is 2.71. The molecule has 1 aliphatic rings. The SMILES string of the molecule is N.O=C(O)NCC1c2ccccc2-c2ccccc21. The van der Waals surface area contributed by atoms with Gasteiger partial charge < -0.3 is 16.6 Å². The Labute approximate surface area is 111 Å². The number of amides is 1. The Kier molecular flexibility index (Phi) is 3.53. The monoisotopic (exact) mass is 256 g/mol. The Morgan fingerprint density at radius 1 is 1.00 bits per heavy atom. The fourth-order valence-electron chi connectivity index (χ4n) is 2.67. The predicted molar refractivity (Wildman–Crippen MR) is 74.8 cm³/mol.